The number of rotatable bonds is 8. The van der Waals surface area contributed by atoms with E-state index in [4.69, 9.17) is 14.2 Å². The van der Waals surface area contributed by atoms with Gasteiger partial charge in [-0.1, -0.05) is 18.2 Å². The minimum absolute atomic E-state index is 0.000540. The van der Waals surface area contributed by atoms with E-state index in [1.165, 1.54) is 54.9 Å². The molecule has 5 aromatic rings. The highest BCUT2D eigenvalue weighted by Crippen LogP contribution is 2.42. The summed E-state index contributed by atoms with van der Waals surface area (Å²) < 4.78 is 74.2. The number of amides is 1. The average molecular weight is 624 g/mol. The molecule has 3 N–H and O–H groups in total. The number of carbonyl (C=O) groups excluding carboxylic acids is 1. The van der Waals surface area contributed by atoms with Gasteiger partial charge in [-0.3, -0.25) is 5.32 Å². The molecule has 0 saturated carbocycles. The summed E-state index contributed by atoms with van der Waals surface area (Å²) in [7, 11) is -4.21. The summed E-state index contributed by atoms with van der Waals surface area (Å²) in [6, 6.07) is 15.8. The number of benzene rings is 3. The molecule has 0 bridgehead atoms. The van der Waals surface area contributed by atoms with E-state index in [0.29, 0.717) is 0 Å². The number of nitrogens with one attached hydrogen (secondary N) is 2. The molecule has 1 aliphatic heterocycles. The molecule has 2 aromatic heterocycles. The zero-order chi connectivity index (χ0) is 31.1. The molecular weight excluding hydrogens is 602 g/mol. The molecule has 15 heteroatoms. The predicted molar refractivity (Wildman–Crippen MR) is 153 cm³/mol. The first-order valence-electron chi connectivity index (χ1n) is 12.8. The van der Waals surface area contributed by atoms with Gasteiger partial charge in [-0.2, -0.15) is 0 Å². The summed E-state index contributed by atoms with van der Waals surface area (Å²) in [5.74, 6) is -3.40. The lowest BCUT2D eigenvalue weighted by atomic mass is 9.92. The minimum Gasteiger partial charge on any atom is -0.761 e. The van der Waals surface area contributed by atoms with Crippen molar-refractivity contribution in [2.24, 2.45) is 0 Å². The molecule has 12 nitrogen and oxygen atoms in total. The van der Waals surface area contributed by atoms with Crippen LogP contribution in [0.4, 0.5) is 25.0 Å². The van der Waals surface area contributed by atoms with E-state index >= 15 is 8.78 Å². The summed E-state index contributed by atoms with van der Waals surface area (Å²) in [4.78, 5) is 16.4. The molecule has 0 aliphatic carbocycles. The molecular formula is C29H21F2N4O8S-. The van der Waals surface area contributed by atoms with E-state index in [1.54, 1.807) is 23.7 Å². The smallest absolute Gasteiger partial charge is 0.417 e. The van der Waals surface area contributed by atoms with E-state index in [0.717, 1.165) is 16.1 Å². The number of halogens is 2. The van der Waals surface area contributed by atoms with Crippen LogP contribution >= 0.6 is 0 Å². The lowest BCUT2D eigenvalue weighted by Crippen LogP contribution is -2.46. The van der Waals surface area contributed by atoms with Gasteiger partial charge in [0.2, 0.25) is 0 Å². The number of ether oxygens (including phenoxy) is 3. The Morgan fingerprint density at radius 2 is 1.70 bits per heavy atom. The van der Waals surface area contributed by atoms with Crippen LogP contribution in [0.25, 0.3) is 11.0 Å². The molecule has 0 radical (unpaired) electrons. The number of hydrogen-bond acceptors (Lipinski definition) is 10. The van der Waals surface area contributed by atoms with E-state index in [9.17, 15) is 23.5 Å². The molecule has 44 heavy (non-hydrogen) atoms. The molecule has 0 atom stereocenters. The average Bonchev–Trinajstić information content (AvgIpc) is 3.40. The Morgan fingerprint density at radius 1 is 1.02 bits per heavy atom. The fourth-order valence-electron chi connectivity index (χ4n) is 4.56. The number of fused-ring (bicyclic) bond motifs is 1. The topological polar surface area (TPSA) is 164 Å². The Bertz CT molecular complexity index is 1960. The van der Waals surface area contributed by atoms with Crippen molar-refractivity contribution < 1.29 is 41.3 Å². The van der Waals surface area contributed by atoms with Gasteiger partial charge in [0.1, 0.15) is 17.1 Å². The van der Waals surface area contributed by atoms with Crippen molar-refractivity contribution in [1.29, 1.82) is 0 Å². The van der Waals surface area contributed by atoms with Crippen molar-refractivity contribution in [1.82, 2.24) is 8.96 Å². The molecule has 3 aromatic carbocycles. The van der Waals surface area contributed by atoms with Crippen LogP contribution in [0.2, 0.25) is 0 Å². The van der Waals surface area contributed by atoms with Gasteiger partial charge in [-0.15, -0.1) is 0 Å². The fraction of sp³-hybridized carbons (Fsp3) is 0.103. The number of nitrogens with zero attached hydrogens (tertiary/aromatic N) is 2. The minimum atomic E-state index is -4.21. The second-order valence-corrected chi connectivity index (χ2v) is 11.5. The van der Waals surface area contributed by atoms with Gasteiger partial charge >= 0.3 is 6.09 Å². The molecule has 1 aliphatic rings. The van der Waals surface area contributed by atoms with Crippen molar-refractivity contribution >= 4 is 38.5 Å². The van der Waals surface area contributed by atoms with Gasteiger partial charge in [0, 0.05) is 35.8 Å². The maximum absolute atomic E-state index is 15.2. The molecule has 0 unspecified atom stereocenters. The molecule has 226 valence electrons. The van der Waals surface area contributed by atoms with E-state index in [2.05, 4.69) is 10.3 Å². The van der Waals surface area contributed by atoms with Gasteiger partial charge in [0.25, 0.3) is 10.0 Å². The van der Waals surface area contributed by atoms with Gasteiger partial charge < -0.3 is 30.0 Å². The van der Waals surface area contributed by atoms with Gasteiger partial charge in [-0.25, -0.2) is 30.9 Å². The van der Waals surface area contributed by atoms with Crippen LogP contribution in [0.1, 0.15) is 5.56 Å². The number of pyridine rings is 1. The summed E-state index contributed by atoms with van der Waals surface area (Å²) in [6.45, 7) is -0.324. The normalized spacial score (nSPS) is 14.1. The van der Waals surface area contributed by atoms with Crippen LogP contribution in [-0.2, 0) is 20.4 Å². The van der Waals surface area contributed by atoms with Crippen molar-refractivity contribution in [3.8, 4) is 17.2 Å². The maximum atomic E-state index is 15.2. The first kappa shape index (κ1) is 29.0. The number of carbonyl (C=O) groups is 1. The first-order valence-corrected chi connectivity index (χ1v) is 14.3. The Labute approximate surface area is 248 Å². The van der Waals surface area contributed by atoms with Crippen molar-refractivity contribution in [3.63, 3.8) is 0 Å². The number of aromatic nitrogens is 2. The quantitative estimate of drug-likeness (QED) is 0.199. The molecule has 1 fully saturated rings. The summed E-state index contributed by atoms with van der Waals surface area (Å²) >= 11 is 0. The SMILES string of the molecule is O=C(Nc1cc(F)c(Oc2ccnc3c2c(C2(O)COC2)cn3S(=O)(=O)c2ccccc2)c(F)c1)Oc1ccc(N[O-])cc1. The Hall–Kier alpha value is -5.09. The third kappa shape index (κ3) is 5.28. The van der Waals surface area contributed by atoms with E-state index < -0.39 is 39.1 Å². The lowest BCUT2D eigenvalue weighted by molar-refractivity contribution is -0.183. The van der Waals surface area contributed by atoms with E-state index in [1.807, 2.05) is 0 Å². The Balaban J connectivity index is 1.33. The second-order valence-electron chi connectivity index (χ2n) is 9.70. The molecule has 6 rings (SSSR count). The van der Waals surface area contributed by atoms with Crippen molar-refractivity contribution in [3.05, 3.63) is 108 Å². The molecule has 1 amide bonds. The standard InChI is InChI=1S/C29H21F2N4O8S/c30-22-12-18(33-28(36)42-19-8-6-17(34-38)7-9-19)13-23(31)26(22)43-24-10-11-32-27-25(24)21(29(37)15-41-16-29)14-35(27)44(39,40)20-4-2-1-3-5-20/h1-14,34,37H,15-16H2,(H,33,36)/q-1. The largest absolute Gasteiger partial charge is 0.761 e. The zero-order valence-electron chi connectivity index (χ0n) is 22.4. The van der Waals surface area contributed by atoms with Crippen molar-refractivity contribution in [2.45, 2.75) is 10.5 Å². The predicted octanol–water partition coefficient (Wildman–Crippen LogP) is 5.08. The lowest BCUT2D eigenvalue weighted by Gasteiger charge is -2.36. The van der Waals surface area contributed by atoms with Crippen LogP contribution in [-0.4, -0.2) is 41.8 Å². The highest BCUT2D eigenvalue weighted by molar-refractivity contribution is 7.90. The highest BCUT2D eigenvalue weighted by Gasteiger charge is 2.42. The summed E-state index contributed by atoms with van der Waals surface area (Å²) in [5, 5.41) is 24.0. The third-order valence-electron chi connectivity index (χ3n) is 6.74. The second kappa shape index (κ2) is 11.2. The Kier molecular flexibility index (Phi) is 7.38. The monoisotopic (exact) mass is 623 g/mol. The number of hydrogen-bond donors (Lipinski definition) is 3. The maximum Gasteiger partial charge on any atom is 0.417 e. The van der Waals surface area contributed by atoms with Crippen LogP contribution in [0.3, 0.4) is 0 Å². The van der Waals surface area contributed by atoms with Gasteiger partial charge in [0.15, 0.2) is 23.0 Å². The Morgan fingerprint density at radius 3 is 2.32 bits per heavy atom. The van der Waals surface area contributed by atoms with Crippen LogP contribution in [0.5, 0.6) is 17.2 Å². The third-order valence-corrected chi connectivity index (χ3v) is 8.40. The number of anilines is 2. The van der Waals surface area contributed by atoms with Gasteiger partial charge in [-0.05, 0) is 42.5 Å². The van der Waals surface area contributed by atoms with Gasteiger partial charge in [0.05, 0.1) is 29.2 Å². The zero-order valence-corrected chi connectivity index (χ0v) is 23.2. The highest BCUT2D eigenvalue weighted by atomic mass is 32.2. The first-order chi connectivity index (χ1) is 21.1. The fourth-order valence-corrected chi connectivity index (χ4v) is 5.89. The molecule has 1 saturated heterocycles. The van der Waals surface area contributed by atoms with E-state index in [-0.39, 0.29) is 57.6 Å². The molecule has 3 heterocycles. The number of aliphatic hydroxyl groups is 1. The van der Waals surface area contributed by atoms with Crippen LogP contribution in [0.15, 0.2) is 90.1 Å². The summed E-state index contributed by atoms with van der Waals surface area (Å²) in [5.41, 5.74) is -0.0818. The molecule has 0 spiro atoms. The summed E-state index contributed by atoms with van der Waals surface area (Å²) in [6.07, 6.45) is 1.32. The van der Waals surface area contributed by atoms with Crippen LogP contribution in [0, 0.1) is 16.8 Å². The van der Waals surface area contributed by atoms with Crippen LogP contribution < -0.4 is 20.3 Å². The van der Waals surface area contributed by atoms with Crippen molar-refractivity contribution in [2.75, 3.05) is 24.0 Å².